The number of rotatable bonds is 4. The zero-order valence-corrected chi connectivity index (χ0v) is 13.9. The molecule has 0 atom stereocenters. The van der Waals surface area contributed by atoms with E-state index in [1.54, 1.807) is 19.1 Å². The van der Waals surface area contributed by atoms with Gasteiger partial charge in [0.05, 0.1) is 16.3 Å². The zero-order chi connectivity index (χ0) is 17.3. The first kappa shape index (κ1) is 16.2. The van der Waals surface area contributed by atoms with Crippen LogP contribution in [0.4, 0.5) is 10.1 Å². The number of anilines is 1. The lowest BCUT2D eigenvalue weighted by molar-refractivity contribution is 0.393. The fourth-order valence-corrected chi connectivity index (χ4v) is 3.51. The Kier molecular flexibility index (Phi) is 4.11. The Hall–Kier alpha value is -2.67. The number of nitrogens with one attached hydrogen (secondary N) is 1. The van der Waals surface area contributed by atoms with E-state index >= 15 is 0 Å². The quantitative estimate of drug-likeness (QED) is 0.778. The average Bonchev–Trinajstić information content (AvgIpc) is 2.86. The monoisotopic (exact) mass is 346 g/mol. The Balaban J connectivity index is 1.90. The second kappa shape index (κ2) is 6.09. The van der Waals surface area contributed by atoms with Crippen LogP contribution in [0.15, 0.2) is 57.9 Å². The smallest absolute Gasteiger partial charge is 0.261 e. The van der Waals surface area contributed by atoms with Gasteiger partial charge in [0.1, 0.15) is 11.6 Å². The van der Waals surface area contributed by atoms with Crippen molar-refractivity contribution in [3.63, 3.8) is 0 Å². The number of aromatic nitrogens is 1. The van der Waals surface area contributed by atoms with Crippen LogP contribution >= 0.6 is 0 Å². The van der Waals surface area contributed by atoms with Crippen molar-refractivity contribution in [2.24, 2.45) is 0 Å². The minimum Gasteiger partial charge on any atom is -0.361 e. The maximum absolute atomic E-state index is 13.2. The van der Waals surface area contributed by atoms with Crippen LogP contribution < -0.4 is 4.72 Å². The van der Waals surface area contributed by atoms with E-state index in [0.29, 0.717) is 5.76 Å². The average molecular weight is 346 g/mol. The van der Waals surface area contributed by atoms with Gasteiger partial charge < -0.3 is 4.52 Å². The van der Waals surface area contributed by atoms with Gasteiger partial charge in [0.2, 0.25) is 0 Å². The summed E-state index contributed by atoms with van der Waals surface area (Å²) in [7, 11) is -3.79. The fourth-order valence-electron chi connectivity index (χ4n) is 2.46. The molecule has 0 amide bonds. The van der Waals surface area contributed by atoms with Crippen molar-refractivity contribution in [2.75, 3.05) is 4.72 Å². The van der Waals surface area contributed by atoms with E-state index in [0.717, 1.165) is 22.9 Å². The molecule has 0 aliphatic heterocycles. The minimum absolute atomic E-state index is 0.0854. The van der Waals surface area contributed by atoms with E-state index < -0.39 is 15.8 Å². The van der Waals surface area contributed by atoms with Gasteiger partial charge in [-0.2, -0.15) is 0 Å². The molecule has 0 aliphatic carbocycles. The Labute approximate surface area is 139 Å². The van der Waals surface area contributed by atoms with Gasteiger partial charge >= 0.3 is 0 Å². The first-order valence-electron chi connectivity index (χ1n) is 7.18. The summed E-state index contributed by atoms with van der Waals surface area (Å²) in [6.07, 6.45) is 0. The number of halogens is 1. The SMILES string of the molecule is Cc1noc(C)c1-c1ccc(S(=O)(=O)Nc2cccc(F)c2)cc1. The van der Waals surface area contributed by atoms with Crippen molar-refractivity contribution in [2.45, 2.75) is 18.7 Å². The Bertz CT molecular complexity index is 960. The third-order valence-electron chi connectivity index (χ3n) is 3.56. The Morgan fingerprint density at radius 1 is 1.08 bits per heavy atom. The number of hydrogen-bond donors (Lipinski definition) is 1. The van der Waals surface area contributed by atoms with Gasteiger partial charge in [-0.3, -0.25) is 4.72 Å². The molecule has 1 N–H and O–H groups in total. The molecule has 0 spiro atoms. The van der Waals surface area contributed by atoms with E-state index in [4.69, 9.17) is 4.52 Å². The van der Waals surface area contributed by atoms with Crippen molar-refractivity contribution in [3.05, 3.63) is 65.8 Å². The molecule has 24 heavy (non-hydrogen) atoms. The normalized spacial score (nSPS) is 11.5. The third-order valence-corrected chi connectivity index (χ3v) is 4.96. The minimum atomic E-state index is -3.79. The maximum atomic E-state index is 13.2. The predicted molar refractivity (Wildman–Crippen MR) is 88.6 cm³/mol. The lowest BCUT2D eigenvalue weighted by atomic mass is 10.0. The Morgan fingerprint density at radius 3 is 2.38 bits per heavy atom. The summed E-state index contributed by atoms with van der Waals surface area (Å²) in [5.74, 6) is 0.157. The van der Waals surface area contributed by atoms with Crippen LogP contribution in [-0.2, 0) is 10.0 Å². The molecule has 0 saturated heterocycles. The first-order chi connectivity index (χ1) is 11.4. The standard InChI is InChI=1S/C17H15FN2O3S/c1-11-17(12(2)23-19-11)13-6-8-16(9-7-13)24(21,22)20-15-5-3-4-14(18)10-15/h3-10,20H,1-2H3. The molecule has 3 rings (SSSR count). The van der Waals surface area contributed by atoms with Crippen molar-refractivity contribution < 1.29 is 17.3 Å². The van der Waals surface area contributed by atoms with Gasteiger partial charge in [0.25, 0.3) is 10.0 Å². The molecule has 5 nitrogen and oxygen atoms in total. The predicted octanol–water partition coefficient (Wildman–Crippen LogP) is 3.90. The largest absolute Gasteiger partial charge is 0.361 e. The number of nitrogens with zero attached hydrogens (tertiary/aromatic N) is 1. The van der Waals surface area contributed by atoms with E-state index in [1.165, 1.54) is 30.3 Å². The van der Waals surface area contributed by atoms with Gasteiger partial charge in [-0.25, -0.2) is 12.8 Å². The summed E-state index contributed by atoms with van der Waals surface area (Å²) in [5.41, 5.74) is 2.57. The molecule has 0 fully saturated rings. The highest BCUT2D eigenvalue weighted by Gasteiger charge is 2.16. The summed E-state index contributed by atoms with van der Waals surface area (Å²) < 4.78 is 45.4. The van der Waals surface area contributed by atoms with Crippen LogP contribution in [-0.4, -0.2) is 13.6 Å². The lowest BCUT2D eigenvalue weighted by Gasteiger charge is -2.09. The highest BCUT2D eigenvalue weighted by atomic mass is 32.2. The highest BCUT2D eigenvalue weighted by Crippen LogP contribution is 2.28. The topological polar surface area (TPSA) is 72.2 Å². The lowest BCUT2D eigenvalue weighted by Crippen LogP contribution is -2.12. The molecule has 0 radical (unpaired) electrons. The van der Waals surface area contributed by atoms with E-state index in [2.05, 4.69) is 9.88 Å². The number of hydrogen-bond acceptors (Lipinski definition) is 4. The summed E-state index contributed by atoms with van der Waals surface area (Å²) >= 11 is 0. The molecule has 0 unspecified atom stereocenters. The third kappa shape index (κ3) is 3.16. The molecule has 7 heteroatoms. The molecule has 1 heterocycles. The van der Waals surface area contributed by atoms with Gasteiger partial charge in [-0.05, 0) is 49.7 Å². The summed E-state index contributed by atoms with van der Waals surface area (Å²) in [6, 6.07) is 11.6. The van der Waals surface area contributed by atoms with Crippen LogP contribution in [0.1, 0.15) is 11.5 Å². The molecule has 0 bridgehead atoms. The molecule has 124 valence electrons. The van der Waals surface area contributed by atoms with Gasteiger partial charge in [-0.15, -0.1) is 0 Å². The molecular weight excluding hydrogens is 331 g/mol. The Morgan fingerprint density at radius 2 is 1.79 bits per heavy atom. The number of benzene rings is 2. The van der Waals surface area contributed by atoms with Gasteiger partial charge in [-0.1, -0.05) is 23.4 Å². The van der Waals surface area contributed by atoms with E-state index in [-0.39, 0.29) is 10.6 Å². The molecular formula is C17H15FN2O3S. The van der Waals surface area contributed by atoms with Crippen LogP contribution in [0, 0.1) is 19.7 Å². The molecule has 2 aromatic carbocycles. The van der Waals surface area contributed by atoms with Gasteiger partial charge in [0.15, 0.2) is 0 Å². The first-order valence-corrected chi connectivity index (χ1v) is 8.67. The van der Waals surface area contributed by atoms with E-state index in [9.17, 15) is 12.8 Å². The molecule has 3 aromatic rings. The fraction of sp³-hybridized carbons (Fsp3) is 0.118. The summed E-state index contributed by atoms with van der Waals surface area (Å²) in [4.78, 5) is 0.0854. The summed E-state index contributed by atoms with van der Waals surface area (Å²) in [6.45, 7) is 3.62. The van der Waals surface area contributed by atoms with E-state index in [1.807, 2.05) is 6.92 Å². The molecule has 1 aromatic heterocycles. The van der Waals surface area contributed by atoms with Crippen LogP contribution in [0.5, 0.6) is 0 Å². The van der Waals surface area contributed by atoms with Crippen LogP contribution in [0.2, 0.25) is 0 Å². The highest BCUT2D eigenvalue weighted by molar-refractivity contribution is 7.92. The van der Waals surface area contributed by atoms with Crippen LogP contribution in [0.25, 0.3) is 11.1 Å². The zero-order valence-electron chi connectivity index (χ0n) is 13.1. The number of aryl methyl sites for hydroxylation is 2. The molecule has 0 saturated carbocycles. The van der Waals surface area contributed by atoms with Crippen molar-refractivity contribution in [1.29, 1.82) is 0 Å². The second-order valence-electron chi connectivity index (χ2n) is 5.34. The molecule has 0 aliphatic rings. The maximum Gasteiger partial charge on any atom is 0.261 e. The van der Waals surface area contributed by atoms with Crippen molar-refractivity contribution in [1.82, 2.24) is 5.16 Å². The van der Waals surface area contributed by atoms with Crippen molar-refractivity contribution >= 4 is 15.7 Å². The summed E-state index contributed by atoms with van der Waals surface area (Å²) in [5, 5.41) is 3.89. The van der Waals surface area contributed by atoms with Gasteiger partial charge in [0, 0.05) is 5.56 Å². The second-order valence-corrected chi connectivity index (χ2v) is 7.02. The number of sulfonamides is 1. The van der Waals surface area contributed by atoms with Crippen molar-refractivity contribution in [3.8, 4) is 11.1 Å². The van der Waals surface area contributed by atoms with Crippen LogP contribution in [0.3, 0.4) is 0 Å².